The van der Waals surface area contributed by atoms with Gasteiger partial charge in [0, 0.05) is 11.8 Å². The molecule has 6 heteroatoms. The van der Waals surface area contributed by atoms with E-state index in [-0.39, 0.29) is 17.2 Å². The summed E-state index contributed by atoms with van der Waals surface area (Å²) < 4.78 is 1.32. The van der Waals surface area contributed by atoms with Crippen LogP contribution in [-0.2, 0) is 0 Å². The van der Waals surface area contributed by atoms with Crippen LogP contribution in [0.3, 0.4) is 0 Å². The van der Waals surface area contributed by atoms with Crippen LogP contribution < -0.4 is 10.9 Å². The van der Waals surface area contributed by atoms with Crippen LogP contribution in [-0.4, -0.2) is 15.3 Å². The van der Waals surface area contributed by atoms with Crippen molar-refractivity contribution >= 4 is 28.8 Å². The Bertz CT molecular complexity index is 920. The molecule has 3 rings (SSSR count). The molecule has 0 saturated heterocycles. The minimum absolute atomic E-state index is 0.147. The maximum atomic E-state index is 12.5. The van der Waals surface area contributed by atoms with Crippen molar-refractivity contribution in [2.75, 3.05) is 5.32 Å². The number of nitrogens with zero attached hydrogens (tertiary/aromatic N) is 2. The zero-order chi connectivity index (χ0) is 15.7. The van der Waals surface area contributed by atoms with Gasteiger partial charge in [-0.15, -0.1) is 0 Å². The number of pyridine rings is 1. The Kier molecular flexibility index (Phi) is 3.65. The first-order valence-corrected chi connectivity index (χ1v) is 6.99. The second kappa shape index (κ2) is 5.61. The number of amides is 1. The monoisotopic (exact) mass is 313 g/mol. The number of hydrogen-bond acceptors (Lipinski definition) is 3. The summed E-state index contributed by atoms with van der Waals surface area (Å²) in [6.45, 7) is 1.68. The molecule has 0 saturated carbocycles. The van der Waals surface area contributed by atoms with E-state index in [9.17, 15) is 9.59 Å². The highest BCUT2D eigenvalue weighted by Gasteiger charge is 2.14. The van der Waals surface area contributed by atoms with E-state index >= 15 is 0 Å². The molecule has 0 aliphatic heterocycles. The van der Waals surface area contributed by atoms with Gasteiger partial charge < -0.3 is 5.32 Å². The van der Waals surface area contributed by atoms with Gasteiger partial charge in [-0.3, -0.25) is 14.0 Å². The van der Waals surface area contributed by atoms with Crippen LogP contribution in [0.25, 0.3) is 5.65 Å². The lowest BCUT2D eigenvalue weighted by Gasteiger charge is -2.09. The second-order valence-corrected chi connectivity index (χ2v) is 5.21. The normalized spacial score (nSPS) is 10.6. The third-order valence-electron chi connectivity index (χ3n) is 3.24. The fourth-order valence-electron chi connectivity index (χ4n) is 2.14. The Balaban J connectivity index is 2.07. The van der Waals surface area contributed by atoms with Crippen molar-refractivity contribution in [1.82, 2.24) is 9.38 Å². The molecule has 110 valence electrons. The summed E-state index contributed by atoms with van der Waals surface area (Å²) >= 11 is 5.91. The van der Waals surface area contributed by atoms with E-state index in [1.165, 1.54) is 10.6 Å². The molecule has 0 aliphatic carbocycles. The molecule has 5 nitrogen and oxygen atoms in total. The summed E-state index contributed by atoms with van der Waals surface area (Å²) in [5, 5.41) is 3.05. The maximum Gasteiger partial charge on any atom is 0.281 e. The van der Waals surface area contributed by atoms with Crippen LogP contribution >= 0.6 is 11.6 Å². The predicted molar refractivity (Wildman–Crippen MR) is 85.6 cm³/mol. The second-order valence-electron chi connectivity index (χ2n) is 4.77. The summed E-state index contributed by atoms with van der Waals surface area (Å²) in [5.74, 6) is -0.357. The lowest BCUT2D eigenvalue weighted by molar-refractivity contribution is 0.102. The van der Waals surface area contributed by atoms with Gasteiger partial charge in [-0.25, -0.2) is 4.98 Å². The van der Waals surface area contributed by atoms with Gasteiger partial charge in [-0.05, 0) is 31.2 Å². The Morgan fingerprint density at radius 1 is 1.18 bits per heavy atom. The van der Waals surface area contributed by atoms with Crippen molar-refractivity contribution < 1.29 is 4.79 Å². The Labute approximate surface area is 131 Å². The molecule has 3 aromatic rings. The van der Waals surface area contributed by atoms with E-state index in [1.54, 1.807) is 43.3 Å². The van der Waals surface area contributed by atoms with Crippen LogP contribution in [0.5, 0.6) is 0 Å². The highest BCUT2D eigenvalue weighted by Crippen LogP contribution is 2.13. The first kappa shape index (κ1) is 14.3. The quantitative estimate of drug-likeness (QED) is 0.791. The first-order valence-electron chi connectivity index (χ1n) is 6.61. The number of hydrogen-bond donors (Lipinski definition) is 1. The van der Waals surface area contributed by atoms with Crippen molar-refractivity contribution in [2.24, 2.45) is 0 Å². The lowest BCUT2D eigenvalue weighted by Crippen LogP contribution is -2.25. The standard InChI is InChI=1S/C16H12ClN3O2/c1-10-14(19-15(21)11-5-3-2-4-6-11)16(22)20-9-12(17)7-8-13(20)18-10/h2-9H,1H3,(H,19,21). The van der Waals surface area contributed by atoms with Crippen molar-refractivity contribution in [3.8, 4) is 0 Å². The van der Waals surface area contributed by atoms with E-state index in [4.69, 9.17) is 11.6 Å². The van der Waals surface area contributed by atoms with Crippen molar-refractivity contribution in [1.29, 1.82) is 0 Å². The van der Waals surface area contributed by atoms with Crippen LogP contribution in [0.15, 0.2) is 53.5 Å². The van der Waals surface area contributed by atoms with Crippen molar-refractivity contribution in [3.63, 3.8) is 0 Å². The fraction of sp³-hybridized carbons (Fsp3) is 0.0625. The van der Waals surface area contributed by atoms with Crippen molar-refractivity contribution in [3.05, 3.63) is 75.3 Å². The van der Waals surface area contributed by atoms with Crippen LogP contribution in [0.2, 0.25) is 5.02 Å². The third-order valence-corrected chi connectivity index (χ3v) is 3.47. The largest absolute Gasteiger partial charge is 0.316 e. The highest BCUT2D eigenvalue weighted by molar-refractivity contribution is 6.30. The molecule has 0 fully saturated rings. The van der Waals surface area contributed by atoms with E-state index in [0.29, 0.717) is 21.9 Å². The number of benzene rings is 1. The number of anilines is 1. The molecule has 0 aliphatic rings. The molecule has 0 bridgehead atoms. The number of aryl methyl sites for hydroxylation is 1. The molecule has 1 aromatic carbocycles. The van der Waals surface area contributed by atoms with Crippen LogP contribution in [0.4, 0.5) is 5.69 Å². The molecule has 22 heavy (non-hydrogen) atoms. The minimum Gasteiger partial charge on any atom is -0.316 e. The van der Waals surface area contributed by atoms with E-state index in [2.05, 4.69) is 10.3 Å². The Morgan fingerprint density at radius 2 is 1.91 bits per heavy atom. The predicted octanol–water partition coefficient (Wildman–Crippen LogP) is 2.91. The maximum absolute atomic E-state index is 12.5. The summed E-state index contributed by atoms with van der Waals surface area (Å²) in [5.41, 5.74) is 1.18. The van der Waals surface area contributed by atoms with Gasteiger partial charge in [0.2, 0.25) is 0 Å². The average molecular weight is 314 g/mol. The molecule has 2 aromatic heterocycles. The number of carbonyl (C=O) groups is 1. The molecule has 0 atom stereocenters. The number of rotatable bonds is 2. The van der Waals surface area contributed by atoms with Gasteiger partial charge in [0.1, 0.15) is 11.3 Å². The van der Waals surface area contributed by atoms with E-state index in [0.717, 1.165) is 0 Å². The number of aromatic nitrogens is 2. The third kappa shape index (κ3) is 2.58. The molecule has 0 radical (unpaired) electrons. The van der Waals surface area contributed by atoms with Gasteiger partial charge in [-0.1, -0.05) is 29.8 Å². The number of fused-ring (bicyclic) bond motifs is 1. The highest BCUT2D eigenvalue weighted by atomic mass is 35.5. The van der Waals surface area contributed by atoms with E-state index in [1.807, 2.05) is 6.07 Å². The van der Waals surface area contributed by atoms with Crippen molar-refractivity contribution in [2.45, 2.75) is 6.92 Å². The number of halogens is 1. The summed E-state index contributed by atoms with van der Waals surface area (Å²) in [4.78, 5) is 29.0. The van der Waals surface area contributed by atoms with Gasteiger partial charge in [0.15, 0.2) is 0 Å². The topological polar surface area (TPSA) is 63.5 Å². The molecule has 0 spiro atoms. The average Bonchev–Trinajstić information content (AvgIpc) is 2.53. The molecule has 2 heterocycles. The molecule has 1 N–H and O–H groups in total. The van der Waals surface area contributed by atoms with Gasteiger partial charge >= 0.3 is 0 Å². The first-order chi connectivity index (χ1) is 10.6. The number of nitrogens with one attached hydrogen (secondary N) is 1. The summed E-state index contributed by atoms with van der Waals surface area (Å²) in [6, 6.07) is 12.0. The van der Waals surface area contributed by atoms with Gasteiger partial charge in [0.25, 0.3) is 11.5 Å². The van der Waals surface area contributed by atoms with Gasteiger partial charge in [0.05, 0.1) is 10.7 Å². The number of carbonyl (C=O) groups excluding carboxylic acids is 1. The zero-order valence-corrected chi connectivity index (χ0v) is 12.5. The molecule has 0 unspecified atom stereocenters. The van der Waals surface area contributed by atoms with Crippen LogP contribution in [0.1, 0.15) is 16.1 Å². The molecule has 1 amide bonds. The molecular weight excluding hydrogens is 302 g/mol. The SMILES string of the molecule is Cc1nc2ccc(Cl)cn2c(=O)c1NC(=O)c1ccccc1. The Morgan fingerprint density at radius 3 is 2.64 bits per heavy atom. The lowest BCUT2D eigenvalue weighted by atomic mass is 10.2. The van der Waals surface area contributed by atoms with Gasteiger partial charge in [-0.2, -0.15) is 0 Å². The zero-order valence-electron chi connectivity index (χ0n) is 11.7. The smallest absolute Gasteiger partial charge is 0.281 e. The minimum atomic E-state index is -0.366. The van der Waals surface area contributed by atoms with E-state index < -0.39 is 0 Å². The summed E-state index contributed by atoms with van der Waals surface area (Å²) in [7, 11) is 0. The molecular formula is C16H12ClN3O2. The Hall–Kier alpha value is -2.66. The summed E-state index contributed by atoms with van der Waals surface area (Å²) in [6.07, 6.45) is 1.48. The van der Waals surface area contributed by atoms with Crippen LogP contribution in [0, 0.1) is 6.92 Å². The fourth-order valence-corrected chi connectivity index (χ4v) is 2.30.